The molecule has 1 heterocycles. The van der Waals surface area contributed by atoms with E-state index in [1.54, 1.807) is 6.20 Å². The van der Waals surface area contributed by atoms with E-state index in [9.17, 15) is 0 Å². The lowest BCUT2D eigenvalue weighted by Crippen LogP contribution is -2.11. The summed E-state index contributed by atoms with van der Waals surface area (Å²) >= 11 is 0. The zero-order valence-corrected chi connectivity index (χ0v) is 6.90. The standard InChI is InChI=1S/C10H12N2/c11-10-4-3-8(6-10)9-2-1-5-12-7-9/h1-2,5-7,10H,3-4,11H2. The Labute approximate surface area is 72.1 Å². The van der Waals surface area contributed by atoms with Gasteiger partial charge in [-0.25, -0.2) is 0 Å². The summed E-state index contributed by atoms with van der Waals surface area (Å²) in [7, 11) is 0. The van der Waals surface area contributed by atoms with Gasteiger partial charge in [0.15, 0.2) is 0 Å². The van der Waals surface area contributed by atoms with Gasteiger partial charge in [0.25, 0.3) is 0 Å². The summed E-state index contributed by atoms with van der Waals surface area (Å²) in [6.45, 7) is 0. The van der Waals surface area contributed by atoms with E-state index >= 15 is 0 Å². The molecule has 1 aromatic rings. The van der Waals surface area contributed by atoms with Gasteiger partial charge in [-0.1, -0.05) is 12.1 Å². The highest BCUT2D eigenvalue weighted by atomic mass is 14.6. The van der Waals surface area contributed by atoms with E-state index in [4.69, 9.17) is 5.73 Å². The third-order valence-electron chi connectivity index (χ3n) is 2.19. The molecule has 0 aliphatic heterocycles. The maximum absolute atomic E-state index is 5.77. The third kappa shape index (κ3) is 1.38. The summed E-state index contributed by atoms with van der Waals surface area (Å²) in [4.78, 5) is 4.07. The van der Waals surface area contributed by atoms with E-state index in [1.165, 1.54) is 11.1 Å². The normalized spacial score (nSPS) is 22.4. The predicted octanol–water partition coefficient (Wildman–Crippen LogP) is 1.59. The Morgan fingerprint density at radius 2 is 2.42 bits per heavy atom. The molecule has 2 nitrogen and oxygen atoms in total. The van der Waals surface area contributed by atoms with Crippen LogP contribution < -0.4 is 5.73 Å². The number of rotatable bonds is 1. The van der Waals surface area contributed by atoms with Crippen molar-refractivity contribution < 1.29 is 0 Å². The molecule has 0 bridgehead atoms. The van der Waals surface area contributed by atoms with Crippen molar-refractivity contribution in [3.05, 3.63) is 36.2 Å². The minimum absolute atomic E-state index is 0.250. The molecule has 1 aromatic heterocycles. The van der Waals surface area contributed by atoms with E-state index in [0.717, 1.165) is 12.8 Å². The van der Waals surface area contributed by atoms with Crippen LogP contribution in [0.15, 0.2) is 30.6 Å². The molecule has 2 heteroatoms. The first-order valence-corrected chi connectivity index (χ1v) is 4.23. The van der Waals surface area contributed by atoms with Crippen molar-refractivity contribution in [1.82, 2.24) is 4.98 Å². The molecule has 2 N–H and O–H groups in total. The lowest BCUT2D eigenvalue weighted by Gasteiger charge is -1.98. The third-order valence-corrected chi connectivity index (χ3v) is 2.19. The number of hydrogen-bond acceptors (Lipinski definition) is 2. The van der Waals surface area contributed by atoms with Crippen LogP contribution in [0.4, 0.5) is 0 Å². The van der Waals surface area contributed by atoms with Gasteiger partial charge in [0.1, 0.15) is 0 Å². The van der Waals surface area contributed by atoms with Crippen LogP contribution in [0.3, 0.4) is 0 Å². The summed E-state index contributed by atoms with van der Waals surface area (Å²) in [6.07, 6.45) is 7.98. The van der Waals surface area contributed by atoms with Crippen LogP contribution in [0.2, 0.25) is 0 Å². The Kier molecular flexibility index (Phi) is 1.92. The molecule has 1 aliphatic carbocycles. The highest BCUT2D eigenvalue weighted by molar-refractivity contribution is 5.67. The van der Waals surface area contributed by atoms with E-state index in [0.29, 0.717) is 0 Å². The summed E-state index contributed by atoms with van der Waals surface area (Å²) in [6, 6.07) is 4.29. The Hall–Kier alpha value is -1.15. The van der Waals surface area contributed by atoms with Gasteiger partial charge < -0.3 is 5.73 Å². The largest absolute Gasteiger partial charge is 0.324 e. The molecule has 0 saturated heterocycles. The van der Waals surface area contributed by atoms with Gasteiger partial charge in [-0.2, -0.15) is 0 Å². The van der Waals surface area contributed by atoms with Crippen LogP contribution in [-0.2, 0) is 0 Å². The Balaban J connectivity index is 2.27. The minimum Gasteiger partial charge on any atom is -0.324 e. The minimum atomic E-state index is 0.250. The molecule has 0 amide bonds. The average Bonchev–Trinajstić information content (AvgIpc) is 2.54. The molecule has 12 heavy (non-hydrogen) atoms. The van der Waals surface area contributed by atoms with Crippen molar-refractivity contribution in [2.75, 3.05) is 0 Å². The van der Waals surface area contributed by atoms with Gasteiger partial charge in [0.05, 0.1) is 0 Å². The Morgan fingerprint density at radius 3 is 3.00 bits per heavy atom. The average molecular weight is 160 g/mol. The van der Waals surface area contributed by atoms with E-state index in [2.05, 4.69) is 17.1 Å². The SMILES string of the molecule is NC1C=C(c2cccnc2)CC1. The molecule has 0 aromatic carbocycles. The second-order valence-electron chi connectivity index (χ2n) is 3.14. The van der Waals surface area contributed by atoms with Crippen LogP contribution in [0.1, 0.15) is 18.4 Å². The van der Waals surface area contributed by atoms with Crippen molar-refractivity contribution in [3.63, 3.8) is 0 Å². The topological polar surface area (TPSA) is 38.9 Å². The van der Waals surface area contributed by atoms with Crippen LogP contribution >= 0.6 is 0 Å². The monoisotopic (exact) mass is 160 g/mol. The molecular weight excluding hydrogens is 148 g/mol. The summed E-state index contributed by atoms with van der Waals surface area (Å²) in [5, 5.41) is 0. The fourth-order valence-corrected chi connectivity index (χ4v) is 1.54. The summed E-state index contributed by atoms with van der Waals surface area (Å²) in [5.74, 6) is 0. The van der Waals surface area contributed by atoms with E-state index in [1.807, 2.05) is 12.3 Å². The Bertz CT molecular complexity index is 290. The first-order chi connectivity index (χ1) is 5.86. The fourth-order valence-electron chi connectivity index (χ4n) is 1.54. The van der Waals surface area contributed by atoms with Gasteiger partial charge >= 0.3 is 0 Å². The quantitative estimate of drug-likeness (QED) is 0.677. The molecule has 2 rings (SSSR count). The molecule has 0 radical (unpaired) electrons. The van der Waals surface area contributed by atoms with Gasteiger partial charge in [-0.15, -0.1) is 0 Å². The van der Waals surface area contributed by atoms with Gasteiger partial charge in [-0.3, -0.25) is 4.98 Å². The molecule has 1 aliphatic rings. The molecule has 1 atom stereocenters. The van der Waals surface area contributed by atoms with Crippen molar-refractivity contribution in [2.45, 2.75) is 18.9 Å². The lowest BCUT2D eigenvalue weighted by molar-refractivity contribution is 0.782. The van der Waals surface area contributed by atoms with Crippen LogP contribution in [0.25, 0.3) is 5.57 Å². The summed E-state index contributed by atoms with van der Waals surface area (Å²) in [5.41, 5.74) is 8.32. The number of aromatic nitrogens is 1. The highest BCUT2D eigenvalue weighted by Gasteiger charge is 2.12. The fraction of sp³-hybridized carbons (Fsp3) is 0.300. The zero-order chi connectivity index (χ0) is 8.39. The van der Waals surface area contributed by atoms with Gasteiger partial charge in [0.2, 0.25) is 0 Å². The maximum atomic E-state index is 5.77. The second kappa shape index (κ2) is 3.07. The molecular formula is C10H12N2. The predicted molar refractivity (Wildman–Crippen MR) is 49.4 cm³/mol. The maximum Gasteiger partial charge on any atom is 0.0342 e. The number of hydrogen-bond donors (Lipinski definition) is 1. The molecule has 0 saturated carbocycles. The van der Waals surface area contributed by atoms with E-state index < -0.39 is 0 Å². The van der Waals surface area contributed by atoms with Gasteiger partial charge in [0, 0.05) is 18.4 Å². The van der Waals surface area contributed by atoms with Crippen molar-refractivity contribution >= 4 is 5.57 Å². The smallest absolute Gasteiger partial charge is 0.0342 e. The van der Waals surface area contributed by atoms with Crippen molar-refractivity contribution in [2.24, 2.45) is 5.73 Å². The molecule has 0 spiro atoms. The Morgan fingerprint density at radius 1 is 1.50 bits per heavy atom. The van der Waals surface area contributed by atoms with Crippen LogP contribution in [-0.4, -0.2) is 11.0 Å². The van der Waals surface area contributed by atoms with Crippen molar-refractivity contribution in [1.29, 1.82) is 0 Å². The number of nitrogens with zero attached hydrogens (tertiary/aromatic N) is 1. The number of allylic oxidation sites excluding steroid dienone is 1. The van der Waals surface area contributed by atoms with E-state index in [-0.39, 0.29) is 6.04 Å². The summed E-state index contributed by atoms with van der Waals surface area (Å²) < 4.78 is 0. The second-order valence-corrected chi connectivity index (χ2v) is 3.14. The number of pyridine rings is 1. The van der Waals surface area contributed by atoms with Gasteiger partial charge in [-0.05, 0) is 30.0 Å². The first-order valence-electron chi connectivity index (χ1n) is 4.23. The first kappa shape index (κ1) is 7.50. The molecule has 1 unspecified atom stereocenters. The van der Waals surface area contributed by atoms with Crippen LogP contribution in [0.5, 0.6) is 0 Å². The van der Waals surface area contributed by atoms with Crippen LogP contribution in [0, 0.1) is 0 Å². The molecule has 0 fully saturated rings. The lowest BCUT2D eigenvalue weighted by atomic mass is 10.1. The van der Waals surface area contributed by atoms with Crippen molar-refractivity contribution in [3.8, 4) is 0 Å². The zero-order valence-electron chi connectivity index (χ0n) is 6.90. The molecule has 62 valence electrons. The highest BCUT2D eigenvalue weighted by Crippen LogP contribution is 2.25. The number of nitrogens with two attached hydrogens (primary N) is 1.